The van der Waals surface area contributed by atoms with Gasteiger partial charge in [-0.2, -0.15) is 0 Å². The van der Waals surface area contributed by atoms with Crippen LogP contribution in [0.15, 0.2) is 42.0 Å². The topological polar surface area (TPSA) is 94.5 Å². The van der Waals surface area contributed by atoms with Crippen molar-refractivity contribution in [3.05, 3.63) is 58.7 Å². The van der Waals surface area contributed by atoms with Crippen molar-refractivity contribution in [1.29, 1.82) is 0 Å². The zero-order valence-electron chi connectivity index (χ0n) is 22.8. The smallest absolute Gasteiger partial charge is 0.295 e. The lowest BCUT2D eigenvalue weighted by molar-refractivity contribution is -0.140. The van der Waals surface area contributed by atoms with Crippen LogP contribution in [0.5, 0.6) is 17.2 Å². The number of Topliss-reactive ketones (excluding diaryl/α,β-unsaturated/α-hetero) is 1. The first-order valence-electron chi connectivity index (χ1n) is 13.2. The highest BCUT2D eigenvalue weighted by Gasteiger charge is 2.46. The molecular formula is C30H37NO7. The van der Waals surface area contributed by atoms with Gasteiger partial charge in [-0.15, -0.1) is 0 Å². The Labute approximate surface area is 224 Å². The number of ketones is 1. The predicted octanol–water partition coefficient (Wildman–Crippen LogP) is 4.90. The van der Waals surface area contributed by atoms with E-state index in [4.69, 9.17) is 18.9 Å². The molecule has 2 aromatic rings. The van der Waals surface area contributed by atoms with Gasteiger partial charge in [0.2, 0.25) is 0 Å². The first-order chi connectivity index (χ1) is 18.2. The maximum Gasteiger partial charge on any atom is 0.295 e. The fraction of sp³-hybridized carbons (Fsp3) is 0.467. The third-order valence-corrected chi connectivity index (χ3v) is 6.78. The Balaban J connectivity index is 1.78. The summed E-state index contributed by atoms with van der Waals surface area (Å²) in [5, 5.41) is 11.4. The first-order valence-corrected chi connectivity index (χ1v) is 13.2. The number of amides is 1. The van der Waals surface area contributed by atoms with Crippen LogP contribution in [0.1, 0.15) is 56.8 Å². The van der Waals surface area contributed by atoms with E-state index < -0.39 is 17.7 Å². The van der Waals surface area contributed by atoms with Crippen LogP contribution >= 0.6 is 0 Å². The fourth-order valence-corrected chi connectivity index (χ4v) is 4.86. The summed E-state index contributed by atoms with van der Waals surface area (Å²) in [6, 6.07) is 9.92. The maximum atomic E-state index is 13.3. The third-order valence-electron chi connectivity index (χ3n) is 6.78. The number of benzene rings is 2. The van der Waals surface area contributed by atoms with Crippen molar-refractivity contribution < 1.29 is 33.6 Å². The summed E-state index contributed by atoms with van der Waals surface area (Å²) in [6.07, 6.45) is 1.65. The van der Waals surface area contributed by atoms with Gasteiger partial charge in [0.15, 0.2) is 11.5 Å². The average Bonchev–Trinajstić information content (AvgIpc) is 3.38. The number of methoxy groups -OCH3 is 1. The lowest BCUT2D eigenvalue weighted by atomic mass is 9.94. The second-order valence-corrected chi connectivity index (χ2v) is 10.1. The Morgan fingerprint density at radius 3 is 2.61 bits per heavy atom. The maximum absolute atomic E-state index is 13.3. The number of carbonyl (C=O) groups excluding carboxylic acids is 2. The number of ether oxygens (including phenoxy) is 4. The number of hydrogen-bond donors (Lipinski definition) is 1. The van der Waals surface area contributed by atoms with Gasteiger partial charge in [0.25, 0.3) is 11.7 Å². The van der Waals surface area contributed by atoms with E-state index in [-0.39, 0.29) is 30.6 Å². The molecule has 0 saturated carbocycles. The van der Waals surface area contributed by atoms with Crippen LogP contribution in [0.4, 0.5) is 0 Å². The summed E-state index contributed by atoms with van der Waals surface area (Å²) in [4.78, 5) is 27.9. The highest BCUT2D eigenvalue weighted by molar-refractivity contribution is 6.46. The van der Waals surface area contributed by atoms with Crippen molar-refractivity contribution in [1.82, 2.24) is 4.90 Å². The third kappa shape index (κ3) is 5.65. The number of aliphatic hydroxyl groups is 1. The Bertz CT molecular complexity index is 1220. The van der Waals surface area contributed by atoms with Crippen molar-refractivity contribution in [2.45, 2.75) is 52.7 Å². The second kappa shape index (κ2) is 11.9. The number of rotatable bonds is 11. The van der Waals surface area contributed by atoms with Crippen molar-refractivity contribution >= 4 is 17.4 Å². The Hall–Kier alpha value is -3.52. The largest absolute Gasteiger partial charge is 0.507 e. The van der Waals surface area contributed by atoms with Gasteiger partial charge in [-0.3, -0.25) is 9.59 Å². The van der Waals surface area contributed by atoms with Crippen molar-refractivity contribution in [2.24, 2.45) is 5.92 Å². The molecule has 1 saturated heterocycles. The number of carbonyl (C=O) groups is 2. The van der Waals surface area contributed by atoms with Crippen LogP contribution in [0.25, 0.3) is 5.76 Å². The number of hydrogen-bond acceptors (Lipinski definition) is 7. The summed E-state index contributed by atoms with van der Waals surface area (Å²) in [5.74, 6) is 0.754. The minimum absolute atomic E-state index is 0.0361. The summed E-state index contributed by atoms with van der Waals surface area (Å²) in [5.41, 5.74) is 2.09. The Morgan fingerprint density at radius 2 is 1.89 bits per heavy atom. The van der Waals surface area contributed by atoms with Crippen molar-refractivity contribution in [2.75, 3.05) is 33.5 Å². The predicted molar refractivity (Wildman–Crippen MR) is 144 cm³/mol. The molecule has 4 rings (SSSR count). The van der Waals surface area contributed by atoms with Crippen LogP contribution in [0.3, 0.4) is 0 Å². The highest BCUT2D eigenvalue weighted by Crippen LogP contribution is 2.42. The van der Waals surface area contributed by atoms with Gasteiger partial charge in [-0.05, 0) is 67.6 Å². The standard InChI is InChI=1S/C30H37NO7/c1-6-36-25-17-20(7-10-24(25)37-13-11-18(2)3)27-26(29(33)30(34)31(27)12-14-35-5)28(32)21-8-9-23-22(16-21)15-19(4)38-23/h7-10,16-19,27,32H,6,11-15H2,1-5H3/t19-,27+/m0/s1. The minimum atomic E-state index is -0.808. The molecule has 8 nitrogen and oxygen atoms in total. The molecule has 0 unspecified atom stereocenters. The molecule has 0 spiro atoms. The normalized spacial score (nSPS) is 20.1. The number of likely N-dealkylation sites (tertiary alicyclic amines) is 1. The van der Waals surface area contributed by atoms with Gasteiger partial charge in [0.1, 0.15) is 17.6 Å². The summed E-state index contributed by atoms with van der Waals surface area (Å²) >= 11 is 0. The molecule has 1 amide bonds. The van der Waals surface area contributed by atoms with Crippen LogP contribution in [-0.2, 0) is 20.7 Å². The lowest BCUT2D eigenvalue weighted by Gasteiger charge is -2.26. The van der Waals surface area contributed by atoms with E-state index in [1.165, 1.54) is 12.0 Å². The number of fused-ring (bicyclic) bond motifs is 1. The Kier molecular flexibility index (Phi) is 8.62. The van der Waals surface area contributed by atoms with Gasteiger partial charge in [0, 0.05) is 25.6 Å². The molecule has 1 N–H and O–H groups in total. The minimum Gasteiger partial charge on any atom is -0.507 e. The van der Waals surface area contributed by atoms with Gasteiger partial charge in [0.05, 0.1) is 31.4 Å². The van der Waals surface area contributed by atoms with E-state index >= 15 is 0 Å². The Morgan fingerprint density at radius 1 is 1.11 bits per heavy atom. The second-order valence-electron chi connectivity index (χ2n) is 10.1. The molecule has 0 aromatic heterocycles. The monoisotopic (exact) mass is 523 g/mol. The van der Waals surface area contributed by atoms with E-state index in [9.17, 15) is 14.7 Å². The molecular weight excluding hydrogens is 486 g/mol. The molecule has 2 heterocycles. The lowest BCUT2D eigenvalue weighted by Crippen LogP contribution is -2.32. The number of aliphatic hydroxyl groups excluding tert-OH is 1. The van der Waals surface area contributed by atoms with E-state index in [1.807, 2.05) is 26.0 Å². The summed E-state index contributed by atoms with van der Waals surface area (Å²) < 4.78 is 22.8. The molecule has 8 heteroatoms. The van der Waals surface area contributed by atoms with E-state index in [2.05, 4.69) is 13.8 Å². The molecule has 1 fully saturated rings. The average molecular weight is 524 g/mol. The van der Waals surface area contributed by atoms with Crippen LogP contribution in [0, 0.1) is 5.92 Å². The molecule has 0 radical (unpaired) electrons. The van der Waals surface area contributed by atoms with Gasteiger partial charge in [-0.25, -0.2) is 0 Å². The molecule has 204 valence electrons. The van der Waals surface area contributed by atoms with Crippen LogP contribution < -0.4 is 14.2 Å². The number of nitrogens with zero attached hydrogens (tertiary/aromatic N) is 1. The zero-order chi connectivity index (χ0) is 27.4. The zero-order valence-corrected chi connectivity index (χ0v) is 22.8. The molecule has 2 atom stereocenters. The molecule has 0 bridgehead atoms. The molecule has 38 heavy (non-hydrogen) atoms. The van der Waals surface area contributed by atoms with Gasteiger partial charge in [-0.1, -0.05) is 19.9 Å². The van der Waals surface area contributed by atoms with E-state index in [1.54, 1.807) is 24.3 Å². The quantitative estimate of drug-likeness (QED) is 0.254. The van der Waals surface area contributed by atoms with Gasteiger partial charge >= 0.3 is 0 Å². The first kappa shape index (κ1) is 27.5. The molecule has 2 aliphatic heterocycles. The van der Waals surface area contributed by atoms with E-state index in [0.29, 0.717) is 48.2 Å². The van der Waals surface area contributed by atoms with Crippen LogP contribution in [-0.4, -0.2) is 61.3 Å². The van der Waals surface area contributed by atoms with E-state index in [0.717, 1.165) is 17.7 Å². The van der Waals surface area contributed by atoms with Crippen LogP contribution in [0.2, 0.25) is 0 Å². The van der Waals surface area contributed by atoms with Crippen molar-refractivity contribution in [3.63, 3.8) is 0 Å². The van der Waals surface area contributed by atoms with Gasteiger partial charge < -0.3 is 29.0 Å². The van der Waals surface area contributed by atoms with Crippen molar-refractivity contribution in [3.8, 4) is 17.2 Å². The SMILES string of the molecule is CCOc1cc([C@@H]2C(=C(O)c3ccc4c(c3)C[C@H](C)O4)C(=O)C(=O)N2CCOC)ccc1OCCC(C)C. The molecule has 2 aliphatic rings. The highest BCUT2D eigenvalue weighted by atomic mass is 16.5. The fourth-order valence-electron chi connectivity index (χ4n) is 4.86. The summed E-state index contributed by atoms with van der Waals surface area (Å²) in [6.45, 7) is 9.52. The molecule has 2 aromatic carbocycles. The molecule has 0 aliphatic carbocycles. The summed E-state index contributed by atoms with van der Waals surface area (Å²) in [7, 11) is 1.54.